The Morgan fingerprint density at radius 1 is 1.43 bits per heavy atom. The summed E-state index contributed by atoms with van der Waals surface area (Å²) in [5, 5.41) is 3.36. The van der Waals surface area contributed by atoms with E-state index in [1.54, 1.807) is 25.1 Å². The minimum atomic E-state index is -0.317. The zero-order valence-corrected chi connectivity index (χ0v) is 12.2. The monoisotopic (exact) mass is 288 g/mol. The zero-order valence-electron chi connectivity index (χ0n) is 12.2. The Balaban J connectivity index is 1.77. The highest BCUT2D eigenvalue weighted by Crippen LogP contribution is 2.22. The lowest BCUT2D eigenvalue weighted by Gasteiger charge is -2.20. The van der Waals surface area contributed by atoms with E-state index in [1.807, 2.05) is 0 Å². The first kappa shape index (κ1) is 14.1. The molecule has 1 fully saturated rings. The molecule has 2 aromatic rings. The molecular weight excluding hydrogens is 268 g/mol. The van der Waals surface area contributed by atoms with Gasteiger partial charge in [0.25, 0.3) is 0 Å². The van der Waals surface area contributed by atoms with Crippen molar-refractivity contribution in [1.29, 1.82) is 0 Å². The van der Waals surface area contributed by atoms with E-state index in [2.05, 4.69) is 10.3 Å². The molecule has 0 radical (unpaired) electrons. The zero-order chi connectivity index (χ0) is 14.7. The van der Waals surface area contributed by atoms with Crippen LogP contribution in [0.2, 0.25) is 0 Å². The first-order valence-electron chi connectivity index (χ1n) is 7.53. The fourth-order valence-electron chi connectivity index (χ4n) is 2.74. The summed E-state index contributed by atoms with van der Waals surface area (Å²) in [5.41, 5.74) is 1.97. The third-order valence-electron chi connectivity index (χ3n) is 3.87. The van der Waals surface area contributed by atoms with Gasteiger partial charge in [-0.2, -0.15) is 0 Å². The van der Waals surface area contributed by atoms with Gasteiger partial charge in [-0.1, -0.05) is 0 Å². The molecule has 0 spiro atoms. The highest BCUT2D eigenvalue weighted by molar-refractivity contribution is 5.93. The van der Waals surface area contributed by atoms with Crippen LogP contribution in [0.5, 0.6) is 0 Å². The highest BCUT2D eigenvalue weighted by Gasteiger charge is 2.17. The molecule has 3 rings (SSSR count). The van der Waals surface area contributed by atoms with Crippen LogP contribution in [0.3, 0.4) is 0 Å². The number of aromatic nitrogens is 1. The lowest BCUT2D eigenvalue weighted by molar-refractivity contribution is 0.0526. The van der Waals surface area contributed by atoms with Crippen molar-refractivity contribution in [3.05, 3.63) is 29.7 Å². The van der Waals surface area contributed by atoms with Crippen molar-refractivity contribution in [2.45, 2.75) is 26.2 Å². The molecule has 1 aliphatic rings. The lowest BCUT2D eigenvalue weighted by Crippen LogP contribution is -2.28. The molecule has 1 aliphatic heterocycles. The summed E-state index contributed by atoms with van der Waals surface area (Å²) in [7, 11) is 0. The molecule has 1 N–H and O–H groups in total. The number of nitrogens with one attached hydrogen (secondary N) is 1. The number of carbonyl (C=O) groups excluding carboxylic acids is 1. The van der Waals surface area contributed by atoms with Crippen LogP contribution in [0.4, 0.5) is 0 Å². The summed E-state index contributed by atoms with van der Waals surface area (Å²) >= 11 is 0. The Morgan fingerprint density at radius 3 is 3.00 bits per heavy atom. The van der Waals surface area contributed by atoms with E-state index in [9.17, 15) is 4.79 Å². The van der Waals surface area contributed by atoms with Crippen molar-refractivity contribution in [2.24, 2.45) is 5.92 Å². The molecule has 1 aromatic heterocycles. The number of esters is 1. The van der Waals surface area contributed by atoms with Crippen molar-refractivity contribution < 1.29 is 13.9 Å². The normalized spacial score (nSPS) is 16.2. The molecule has 1 aromatic carbocycles. The first-order chi connectivity index (χ1) is 10.3. The van der Waals surface area contributed by atoms with Crippen molar-refractivity contribution >= 4 is 17.1 Å². The van der Waals surface area contributed by atoms with Crippen molar-refractivity contribution in [2.75, 3.05) is 19.7 Å². The third-order valence-corrected chi connectivity index (χ3v) is 3.87. The predicted octanol–water partition coefficient (Wildman–Crippen LogP) is 2.55. The number of benzene rings is 1. The number of piperidine rings is 1. The predicted molar refractivity (Wildman–Crippen MR) is 79.3 cm³/mol. The molecule has 21 heavy (non-hydrogen) atoms. The van der Waals surface area contributed by atoms with E-state index in [1.165, 1.54) is 0 Å². The molecule has 0 saturated carbocycles. The number of oxazole rings is 1. The van der Waals surface area contributed by atoms with E-state index >= 15 is 0 Å². The van der Waals surface area contributed by atoms with E-state index in [0.717, 1.165) is 49.3 Å². The van der Waals surface area contributed by atoms with E-state index in [4.69, 9.17) is 9.15 Å². The van der Waals surface area contributed by atoms with E-state index < -0.39 is 0 Å². The van der Waals surface area contributed by atoms with Crippen LogP contribution < -0.4 is 5.32 Å². The number of carbonyl (C=O) groups is 1. The molecule has 112 valence electrons. The van der Waals surface area contributed by atoms with Gasteiger partial charge in [0.15, 0.2) is 11.5 Å². The highest BCUT2D eigenvalue weighted by atomic mass is 16.5. The fourth-order valence-corrected chi connectivity index (χ4v) is 2.74. The van der Waals surface area contributed by atoms with E-state index in [0.29, 0.717) is 18.1 Å². The fraction of sp³-hybridized carbons (Fsp3) is 0.500. The SMILES string of the molecule is CCOC(=O)c1ccc2oc(CC3CCNCC3)nc2c1. The van der Waals surface area contributed by atoms with E-state index in [-0.39, 0.29) is 5.97 Å². The minimum Gasteiger partial charge on any atom is -0.462 e. The minimum absolute atomic E-state index is 0.317. The topological polar surface area (TPSA) is 64.4 Å². The van der Waals surface area contributed by atoms with Crippen LogP contribution in [0.15, 0.2) is 22.6 Å². The maximum absolute atomic E-state index is 11.7. The Morgan fingerprint density at radius 2 is 2.24 bits per heavy atom. The first-order valence-corrected chi connectivity index (χ1v) is 7.53. The van der Waals surface area contributed by atoms with Gasteiger partial charge in [0.1, 0.15) is 5.52 Å². The third kappa shape index (κ3) is 3.24. The van der Waals surface area contributed by atoms with Gasteiger partial charge >= 0.3 is 5.97 Å². The van der Waals surface area contributed by atoms with Crippen molar-refractivity contribution in [3.63, 3.8) is 0 Å². The van der Waals surface area contributed by atoms with Gasteiger partial charge < -0.3 is 14.5 Å². The largest absolute Gasteiger partial charge is 0.462 e. The van der Waals surface area contributed by atoms with Gasteiger partial charge in [0.05, 0.1) is 12.2 Å². The molecule has 0 unspecified atom stereocenters. The number of rotatable bonds is 4. The van der Waals surface area contributed by atoms with Gasteiger partial charge in [0, 0.05) is 6.42 Å². The van der Waals surface area contributed by atoms with Crippen LogP contribution >= 0.6 is 0 Å². The summed E-state index contributed by atoms with van der Waals surface area (Å²) < 4.78 is 10.8. The van der Waals surface area contributed by atoms with Gasteiger partial charge in [-0.3, -0.25) is 0 Å². The number of ether oxygens (including phenoxy) is 1. The summed E-state index contributed by atoms with van der Waals surface area (Å²) in [6.45, 7) is 4.30. The Kier molecular flexibility index (Phi) is 4.20. The Hall–Kier alpha value is -1.88. The maximum Gasteiger partial charge on any atom is 0.338 e. The van der Waals surface area contributed by atoms with Crippen LogP contribution in [0, 0.1) is 5.92 Å². The van der Waals surface area contributed by atoms with Crippen LogP contribution in [-0.2, 0) is 11.2 Å². The van der Waals surface area contributed by atoms with Crippen molar-refractivity contribution in [3.8, 4) is 0 Å². The van der Waals surface area contributed by atoms with Crippen LogP contribution in [0.25, 0.3) is 11.1 Å². The average molecular weight is 288 g/mol. The number of hydrogen-bond acceptors (Lipinski definition) is 5. The van der Waals surface area contributed by atoms with Crippen molar-refractivity contribution in [1.82, 2.24) is 10.3 Å². The molecule has 2 heterocycles. The summed E-state index contributed by atoms with van der Waals surface area (Å²) in [4.78, 5) is 16.2. The molecule has 5 heteroatoms. The molecule has 0 amide bonds. The second-order valence-corrected chi connectivity index (χ2v) is 5.41. The summed E-state index contributed by atoms with van der Waals surface area (Å²) in [6, 6.07) is 5.25. The second-order valence-electron chi connectivity index (χ2n) is 5.41. The molecule has 0 bridgehead atoms. The standard InChI is InChI=1S/C16H20N2O3/c1-2-20-16(19)12-3-4-14-13(10-12)18-15(21-14)9-11-5-7-17-8-6-11/h3-4,10-11,17H,2,5-9H2,1H3. The summed E-state index contributed by atoms with van der Waals surface area (Å²) in [5.74, 6) is 1.07. The van der Waals surface area contributed by atoms with Gasteiger partial charge in [-0.25, -0.2) is 9.78 Å². The average Bonchev–Trinajstić information content (AvgIpc) is 2.89. The smallest absolute Gasteiger partial charge is 0.338 e. The molecule has 0 atom stereocenters. The van der Waals surface area contributed by atoms with Gasteiger partial charge in [-0.05, 0) is 57.0 Å². The summed E-state index contributed by atoms with van der Waals surface area (Å²) in [6.07, 6.45) is 3.19. The maximum atomic E-state index is 11.7. The molecular formula is C16H20N2O3. The van der Waals surface area contributed by atoms with Gasteiger partial charge in [0.2, 0.25) is 0 Å². The molecule has 1 saturated heterocycles. The number of nitrogens with zero attached hydrogens (tertiary/aromatic N) is 1. The number of fused-ring (bicyclic) bond motifs is 1. The van der Waals surface area contributed by atoms with Gasteiger partial charge in [-0.15, -0.1) is 0 Å². The van der Waals surface area contributed by atoms with Crippen LogP contribution in [0.1, 0.15) is 36.0 Å². The van der Waals surface area contributed by atoms with Crippen LogP contribution in [-0.4, -0.2) is 30.6 Å². The molecule has 0 aliphatic carbocycles. The second kappa shape index (κ2) is 6.26. The lowest BCUT2D eigenvalue weighted by atomic mass is 9.95. The quantitative estimate of drug-likeness (QED) is 0.876. The Bertz CT molecular complexity index is 629. The number of hydrogen-bond donors (Lipinski definition) is 1. The Labute approximate surface area is 123 Å². The molecule has 5 nitrogen and oxygen atoms in total.